The van der Waals surface area contributed by atoms with Crippen LogP contribution in [0.1, 0.15) is 18.4 Å². The quantitative estimate of drug-likeness (QED) is 0.791. The van der Waals surface area contributed by atoms with Crippen molar-refractivity contribution in [3.63, 3.8) is 0 Å². The van der Waals surface area contributed by atoms with Crippen molar-refractivity contribution in [2.24, 2.45) is 11.7 Å². The van der Waals surface area contributed by atoms with Crippen molar-refractivity contribution in [2.45, 2.75) is 24.8 Å². The van der Waals surface area contributed by atoms with Crippen LogP contribution in [-0.4, -0.2) is 23.9 Å². The summed E-state index contributed by atoms with van der Waals surface area (Å²) in [4.78, 5) is 0. The highest BCUT2D eigenvalue weighted by molar-refractivity contribution is 5.34. The van der Waals surface area contributed by atoms with Gasteiger partial charge in [-0.1, -0.05) is 18.2 Å². The van der Waals surface area contributed by atoms with Gasteiger partial charge in [-0.15, -0.1) is 0 Å². The lowest BCUT2D eigenvalue weighted by Crippen LogP contribution is -2.46. The number of aliphatic hydroxyl groups is 1. The van der Waals surface area contributed by atoms with E-state index in [-0.39, 0.29) is 19.1 Å². The van der Waals surface area contributed by atoms with Crippen molar-refractivity contribution in [1.82, 2.24) is 0 Å². The van der Waals surface area contributed by atoms with Crippen LogP contribution in [0.4, 0.5) is 0 Å². The second kappa shape index (κ2) is 5.38. The molecule has 1 aromatic carbocycles. The molecule has 0 aliphatic heterocycles. The normalized spacial score (nSPS) is 17.8. The molecule has 1 aromatic rings. The summed E-state index contributed by atoms with van der Waals surface area (Å²) in [5.74, 6) is 0.963. The number of rotatable bonds is 6. The van der Waals surface area contributed by atoms with Gasteiger partial charge in [0.25, 0.3) is 0 Å². The van der Waals surface area contributed by atoms with Gasteiger partial charge in [-0.2, -0.15) is 5.26 Å². The second-order valence-electron chi connectivity index (χ2n) is 4.80. The van der Waals surface area contributed by atoms with Gasteiger partial charge in [0.1, 0.15) is 17.9 Å². The summed E-state index contributed by atoms with van der Waals surface area (Å²) in [6, 6.07) is 9.69. The number of hydrogen-bond donors (Lipinski definition) is 2. The molecule has 0 heterocycles. The lowest BCUT2D eigenvalue weighted by atomic mass is 9.98. The monoisotopic (exact) mass is 246 g/mol. The number of benzene rings is 1. The fraction of sp³-hybridized carbons (Fsp3) is 0.500. The van der Waals surface area contributed by atoms with Gasteiger partial charge in [-0.3, -0.25) is 0 Å². The van der Waals surface area contributed by atoms with Gasteiger partial charge in [0.05, 0.1) is 6.07 Å². The topological polar surface area (TPSA) is 79.3 Å². The fourth-order valence-electron chi connectivity index (χ4n) is 2.01. The van der Waals surface area contributed by atoms with Crippen molar-refractivity contribution in [1.29, 1.82) is 5.26 Å². The van der Waals surface area contributed by atoms with E-state index in [1.807, 2.05) is 24.3 Å². The highest BCUT2D eigenvalue weighted by Crippen LogP contribution is 2.38. The van der Waals surface area contributed by atoms with Gasteiger partial charge in [-0.05, 0) is 36.8 Å². The standard InChI is InChI=1S/C14H18N2O2/c15-9-14(16,12-5-6-12)10-18-13-4-2-1-3-11(13)7-8-17/h1-4,12,17H,5-8,10,16H2. The van der Waals surface area contributed by atoms with E-state index in [0.29, 0.717) is 12.2 Å². The molecule has 0 bridgehead atoms. The summed E-state index contributed by atoms with van der Waals surface area (Å²) < 4.78 is 5.69. The summed E-state index contributed by atoms with van der Waals surface area (Å²) in [6.45, 7) is 0.283. The molecule has 4 heteroatoms. The molecular formula is C14H18N2O2. The van der Waals surface area contributed by atoms with Crippen molar-refractivity contribution in [3.05, 3.63) is 29.8 Å². The Kier molecular flexibility index (Phi) is 3.85. The Morgan fingerprint density at radius 2 is 2.17 bits per heavy atom. The lowest BCUT2D eigenvalue weighted by Gasteiger charge is -2.22. The molecule has 18 heavy (non-hydrogen) atoms. The number of para-hydroxylation sites is 1. The minimum absolute atomic E-state index is 0.0784. The molecule has 4 nitrogen and oxygen atoms in total. The summed E-state index contributed by atoms with van der Waals surface area (Å²) in [6.07, 6.45) is 2.56. The molecule has 1 atom stereocenters. The van der Waals surface area contributed by atoms with Crippen molar-refractivity contribution in [2.75, 3.05) is 13.2 Å². The number of hydrogen-bond acceptors (Lipinski definition) is 4. The van der Waals surface area contributed by atoms with Crippen LogP contribution in [-0.2, 0) is 6.42 Å². The molecule has 2 rings (SSSR count). The molecule has 1 aliphatic rings. The number of ether oxygens (including phenoxy) is 1. The first-order valence-corrected chi connectivity index (χ1v) is 6.21. The van der Waals surface area contributed by atoms with Crippen LogP contribution in [0.25, 0.3) is 0 Å². The fourth-order valence-corrected chi connectivity index (χ4v) is 2.01. The summed E-state index contributed by atoms with van der Waals surface area (Å²) in [5, 5.41) is 18.1. The smallest absolute Gasteiger partial charge is 0.141 e. The third kappa shape index (κ3) is 2.81. The van der Waals surface area contributed by atoms with E-state index >= 15 is 0 Å². The maximum atomic E-state index is 9.15. The van der Waals surface area contributed by atoms with Gasteiger partial charge >= 0.3 is 0 Å². The van der Waals surface area contributed by atoms with Gasteiger partial charge in [0, 0.05) is 6.61 Å². The third-order valence-electron chi connectivity index (χ3n) is 3.33. The number of nitriles is 1. The molecule has 1 unspecified atom stereocenters. The van der Waals surface area contributed by atoms with E-state index in [0.717, 1.165) is 18.4 Å². The first-order valence-electron chi connectivity index (χ1n) is 6.21. The zero-order valence-electron chi connectivity index (χ0n) is 10.3. The Hall–Kier alpha value is -1.57. The van der Waals surface area contributed by atoms with Crippen LogP contribution >= 0.6 is 0 Å². The lowest BCUT2D eigenvalue weighted by molar-refractivity contribution is 0.232. The van der Waals surface area contributed by atoms with Crippen LogP contribution in [0.2, 0.25) is 0 Å². The van der Waals surface area contributed by atoms with Gasteiger partial charge < -0.3 is 15.6 Å². The first kappa shape index (κ1) is 12.9. The Balaban J connectivity index is 2.03. The van der Waals surface area contributed by atoms with E-state index < -0.39 is 5.54 Å². The summed E-state index contributed by atoms with van der Waals surface area (Å²) in [7, 11) is 0. The zero-order valence-corrected chi connectivity index (χ0v) is 10.3. The molecule has 1 saturated carbocycles. The second-order valence-corrected chi connectivity index (χ2v) is 4.80. The van der Waals surface area contributed by atoms with Crippen LogP contribution in [0.3, 0.4) is 0 Å². The van der Waals surface area contributed by atoms with Gasteiger partial charge in [0.2, 0.25) is 0 Å². The molecule has 0 radical (unpaired) electrons. The largest absolute Gasteiger partial charge is 0.490 e. The van der Waals surface area contributed by atoms with E-state index in [1.165, 1.54) is 0 Å². The number of nitrogens with two attached hydrogens (primary N) is 1. The first-order chi connectivity index (χ1) is 8.69. The zero-order chi connectivity index (χ0) is 13.0. The number of aliphatic hydroxyl groups excluding tert-OH is 1. The summed E-state index contributed by atoms with van der Waals surface area (Å²) in [5.41, 5.74) is 6.10. The Morgan fingerprint density at radius 1 is 1.44 bits per heavy atom. The molecule has 1 fully saturated rings. The van der Waals surface area contributed by atoms with Crippen LogP contribution in [0.15, 0.2) is 24.3 Å². The van der Waals surface area contributed by atoms with E-state index in [2.05, 4.69) is 6.07 Å². The Labute approximate surface area is 107 Å². The minimum atomic E-state index is -0.883. The van der Waals surface area contributed by atoms with Crippen molar-refractivity contribution >= 4 is 0 Å². The van der Waals surface area contributed by atoms with Crippen LogP contribution in [0, 0.1) is 17.2 Å². The van der Waals surface area contributed by atoms with E-state index in [4.69, 9.17) is 20.8 Å². The summed E-state index contributed by atoms with van der Waals surface area (Å²) >= 11 is 0. The maximum absolute atomic E-state index is 9.15. The SMILES string of the molecule is N#CC(N)(COc1ccccc1CCO)C1CC1. The van der Waals surface area contributed by atoms with Crippen LogP contribution in [0.5, 0.6) is 5.75 Å². The molecule has 0 aromatic heterocycles. The molecule has 0 saturated heterocycles. The average molecular weight is 246 g/mol. The number of nitrogens with zero attached hydrogens (tertiary/aromatic N) is 1. The average Bonchev–Trinajstić information content (AvgIpc) is 3.22. The van der Waals surface area contributed by atoms with Crippen molar-refractivity contribution < 1.29 is 9.84 Å². The predicted molar refractivity (Wildman–Crippen MR) is 68.0 cm³/mol. The molecule has 1 aliphatic carbocycles. The maximum Gasteiger partial charge on any atom is 0.141 e. The third-order valence-corrected chi connectivity index (χ3v) is 3.33. The molecular weight excluding hydrogens is 228 g/mol. The van der Waals surface area contributed by atoms with Crippen LogP contribution < -0.4 is 10.5 Å². The van der Waals surface area contributed by atoms with Gasteiger partial charge in [-0.25, -0.2) is 0 Å². The van der Waals surface area contributed by atoms with E-state index in [9.17, 15) is 0 Å². The Morgan fingerprint density at radius 3 is 2.78 bits per heavy atom. The highest BCUT2D eigenvalue weighted by Gasteiger charge is 2.43. The molecule has 0 spiro atoms. The highest BCUT2D eigenvalue weighted by atomic mass is 16.5. The Bertz CT molecular complexity index is 451. The van der Waals surface area contributed by atoms with Crippen molar-refractivity contribution in [3.8, 4) is 11.8 Å². The molecule has 3 N–H and O–H groups in total. The minimum Gasteiger partial charge on any atom is -0.490 e. The predicted octanol–water partition coefficient (Wildman–Crippen LogP) is 1.23. The van der Waals surface area contributed by atoms with Gasteiger partial charge in [0.15, 0.2) is 0 Å². The molecule has 96 valence electrons. The van der Waals surface area contributed by atoms with E-state index in [1.54, 1.807) is 0 Å². The molecule has 0 amide bonds.